The molecule has 3 heteroatoms. The van der Waals surface area contributed by atoms with Crippen molar-refractivity contribution in [1.29, 1.82) is 0 Å². The van der Waals surface area contributed by atoms with Gasteiger partial charge in [-0.1, -0.05) is 0 Å². The molecule has 0 radical (unpaired) electrons. The van der Waals surface area contributed by atoms with Crippen molar-refractivity contribution >= 4 is 33.1 Å². The predicted molar refractivity (Wildman–Crippen MR) is 124 cm³/mol. The van der Waals surface area contributed by atoms with Gasteiger partial charge in [-0.05, 0) is 0 Å². The molecule has 0 heterocycles. The van der Waals surface area contributed by atoms with Gasteiger partial charge in [-0.15, -0.1) is 0 Å². The first kappa shape index (κ1) is 19.6. The van der Waals surface area contributed by atoms with Crippen molar-refractivity contribution in [2.24, 2.45) is 0 Å². The van der Waals surface area contributed by atoms with E-state index in [0.29, 0.717) is 12.5 Å². The van der Waals surface area contributed by atoms with Crippen LogP contribution in [0.25, 0.3) is 0 Å². The molecule has 0 N–H and O–H groups in total. The fourth-order valence-electron chi connectivity index (χ4n) is 4.36. The third-order valence-electron chi connectivity index (χ3n) is 5.99. The predicted octanol–water partition coefficient (Wildman–Crippen LogP) is 5.98. The topological polar surface area (TPSA) is 9.23 Å². The van der Waals surface area contributed by atoms with Crippen molar-refractivity contribution in [2.75, 3.05) is 6.35 Å². The van der Waals surface area contributed by atoms with Gasteiger partial charge in [-0.3, -0.25) is 0 Å². The normalized spacial score (nSPS) is 17.0. The fourth-order valence-corrected chi connectivity index (χ4v) is 9.76. The first-order chi connectivity index (χ1) is 13.7. The van der Waals surface area contributed by atoms with E-state index in [2.05, 4.69) is 91.0 Å². The van der Waals surface area contributed by atoms with Gasteiger partial charge < -0.3 is 0 Å². The van der Waals surface area contributed by atoms with Crippen LogP contribution in [0, 0.1) is 0 Å². The van der Waals surface area contributed by atoms with E-state index in [0.717, 1.165) is 12.8 Å². The third-order valence-corrected chi connectivity index (χ3v) is 12.8. The van der Waals surface area contributed by atoms with Crippen molar-refractivity contribution in [1.82, 2.24) is 0 Å². The molecule has 0 saturated heterocycles. The molecular weight excluding hydrogens is 383 g/mol. The second-order valence-corrected chi connectivity index (χ2v) is 14.2. The van der Waals surface area contributed by atoms with Crippen LogP contribution in [0.2, 0.25) is 0 Å². The van der Waals surface area contributed by atoms with Gasteiger partial charge in [0, 0.05) is 0 Å². The van der Waals surface area contributed by atoms with Crippen molar-refractivity contribution < 1.29 is 4.74 Å². The van der Waals surface area contributed by atoms with Gasteiger partial charge in [0.05, 0.1) is 0 Å². The molecule has 3 aromatic carbocycles. The zero-order chi connectivity index (χ0) is 19.3. The molecule has 0 atom stereocenters. The zero-order valence-electron chi connectivity index (χ0n) is 16.2. The number of hydrogen-bond acceptors (Lipinski definition) is 1. The Labute approximate surface area is 173 Å². The number of benzene rings is 3. The van der Waals surface area contributed by atoms with Gasteiger partial charge in [0.25, 0.3) is 0 Å². The summed E-state index contributed by atoms with van der Waals surface area (Å²) in [5.74, 6) is -3.27. The van der Waals surface area contributed by atoms with E-state index in [9.17, 15) is 0 Å². The molecule has 1 fully saturated rings. The Balaban J connectivity index is 1.89. The second-order valence-electron chi connectivity index (χ2n) is 7.75. The van der Waals surface area contributed by atoms with E-state index in [4.69, 9.17) is 16.0 Å². The Morgan fingerprint density at radius 3 is 1.43 bits per heavy atom. The van der Waals surface area contributed by atoms with Crippen LogP contribution >= 0.6 is 17.2 Å². The summed E-state index contributed by atoms with van der Waals surface area (Å²) < 4.78 is 6.64. The molecule has 1 nitrogen and oxygen atoms in total. The minimum absolute atomic E-state index is 0.310. The van der Waals surface area contributed by atoms with Crippen LogP contribution < -0.4 is 15.9 Å². The Morgan fingerprint density at radius 2 is 1.04 bits per heavy atom. The summed E-state index contributed by atoms with van der Waals surface area (Å²) in [6.07, 6.45) is 6.96. The van der Waals surface area contributed by atoms with Crippen molar-refractivity contribution in [3.05, 3.63) is 91.0 Å². The van der Waals surface area contributed by atoms with Gasteiger partial charge >= 0.3 is 173 Å². The van der Waals surface area contributed by atoms with E-state index in [1.165, 1.54) is 35.2 Å². The first-order valence-corrected chi connectivity index (χ1v) is 13.6. The summed E-state index contributed by atoms with van der Waals surface area (Å²) in [6.45, 7) is 0. The van der Waals surface area contributed by atoms with Gasteiger partial charge in [-0.2, -0.15) is 0 Å². The van der Waals surface area contributed by atoms with Crippen LogP contribution in [0.3, 0.4) is 0 Å². The second kappa shape index (κ2) is 8.37. The number of hydrogen-bond donors (Lipinski definition) is 0. The Hall–Kier alpha value is -1.66. The summed E-state index contributed by atoms with van der Waals surface area (Å²) in [7, 11) is 0. The van der Waals surface area contributed by atoms with Gasteiger partial charge in [-0.25, -0.2) is 0 Å². The summed E-state index contributed by atoms with van der Waals surface area (Å²) in [4.78, 5) is 0. The van der Waals surface area contributed by atoms with Crippen LogP contribution in [0.5, 0.6) is 0 Å². The summed E-state index contributed by atoms with van der Waals surface area (Å²) >= 11 is 8.00. The fraction of sp³-hybridized carbons (Fsp3) is 0.280. The molecule has 28 heavy (non-hydrogen) atoms. The summed E-state index contributed by atoms with van der Waals surface area (Å²) in [6, 6.07) is 31.8. The molecule has 0 aliphatic heterocycles. The standard InChI is InChI=1S/C25H28ClOP/c26-28(23-15-7-2-8-16-23,24-17-9-3-10-18-24,25-19-11-4-12-20-25)21-27-22-13-5-1-6-14-22/h2-4,7-12,15-20,22H,1,5-6,13-14,21H2. The van der Waals surface area contributed by atoms with Crippen LogP contribution in [0.4, 0.5) is 0 Å². The summed E-state index contributed by atoms with van der Waals surface area (Å²) in [5.41, 5.74) is 0. The SMILES string of the molecule is ClP(COC1CCCCC1)(c1ccccc1)(c1ccccc1)c1ccccc1. The molecule has 3 aromatic rings. The maximum atomic E-state index is 8.00. The molecule has 146 valence electrons. The van der Waals surface area contributed by atoms with Crippen molar-refractivity contribution in [3.8, 4) is 0 Å². The van der Waals surface area contributed by atoms with E-state index in [1.54, 1.807) is 0 Å². The van der Waals surface area contributed by atoms with E-state index in [1.807, 2.05) is 0 Å². The van der Waals surface area contributed by atoms with E-state index in [-0.39, 0.29) is 0 Å². The average molecular weight is 411 g/mol. The van der Waals surface area contributed by atoms with E-state index >= 15 is 0 Å². The third kappa shape index (κ3) is 3.52. The monoisotopic (exact) mass is 410 g/mol. The zero-order valence-corrected chi connectivity index (χ0v) is 17.9. The Morgan fingerprint density at radius 1 is 0.643 bits per heavy atom. The molecule has 1 aliphatic rings. The minimum atomic E-state index is -3.27. The molecule has 0 bridgehead atoms. The molecular formula is C25H28ClOP. The van der Waals surface area contributed by atoms with Gasteiger partial charge in [0.1, 0.15) is 0 Å². The van der Waals surface area contributed by atoms with Crippen LogP contribution in [-0.4, -0.2) is 12.5 Å². The average Bonchev–Trinajstić information content (AvgIpc) is 2.80. The molecule has 0 spiro atoms. The molecule has 1 saturated carbocycles. The van der Waals surface area contributed by atoms with Gasteiger partial charge in [0.2, 0.25) is 0 Å². The Bertz CT molecular complexity index is 777. The Kier molecular flexibility index (Phi) is 5.88. The van der Waals surface area contributed by atoms with Crippen molar-refractivity contribution in [2.45, 2.75) is 38.2 Å². The number of rotatable bonds is 6. The van der Waals surface area contributed by atoms with Crippen molar-refractivity contribution in [3.63, 3.8) is 0 Å². The maximum absolute atomic E-state index is 8.00. The van der Waals surface area contributed by atoms with Crippen LogP contribution in [0.15, 0.2) is 91.0 Å². The molecule has 0 amide bonds. The van der Waals surface area contributed by atoms with E-state index < -0.39 is 5.96 Å². The van der Waals surface area contributed by atoms with Gasteiger partial charge in [0.15, 0.2) is 0 Å². The quantitative estimate of drug-likeness (QED) is 0.454. The molecule has 0 unspecified atom stereocenters. The summed E-state index contributed by atoms with van der Waals surface area (Å²) in [5, 5.41) is 3.51. The molecule has 0 aromatic heterocycles. The molecule has 1 aliphatic carbocycles. The van der Waals surface area contributed by atoms with Crippen LogP contribution in [0.1, 0.15) is 32.1 Å². The van der Waals surface area contributed by atoms with Crippen LogP contribution in [-0.2, 0) is 4.74 Å². The number of halogens is 1. The number of ether oxygens (including phenoxy) is 1. The first-order valence-electron chi connectivity index (χ1n) is 10.2. The molecule has 4 rings (SSSR count).